The third kappa shape index (κ3) is 8.60. The summed E-state index contributed by atoms with van der Waals surface area (Å²) >= 11 is 0. The molecule has 0 spiro atoms. The number of nitrogens with one attached hydrogen (secondary N) is 4. The van der Waals surface area contributed by atoms with Gasteiger partial charge in [-0.2, -0.15) is 0 Å². The third-order valence-corrected chi connectivity index (χ3v) is 6.44. The van der Waals surface area contributed by atoms with Crippen LogP contribution in [-0.2, 0) is 0 Å². The number of quaternary nitrogens is 2. The molecule has 0 saturated heterocycles. The average Bonchev–Trinajstić information content (AvgIpc) is 2.87. The number of likely N-dealkylation sites (N-methyl/N-ethyl adjacent to an activating group) is 2. The van der Waals surface area contributed by atoms with E-state index in [-0.39, 0.29) is 46.4 Å². The van der Waals surface area contributed by atoms with Crippen molar-refractivity contribution in [3.63, 3.8) is 0 Å². The highest BCUT2D eigenvalue weighted by Crippen LogP contribution is 2.03. The molecule has 4 N–H and O–H groups in total. The first-order valence-electron chi connectivity index (χ1n) is 12.7. The fraction of sp³-hybridized carbons (Fsp3) is 0.462. The number of fused-ring (bicyclic) bond motifs is 4. The van der Waals surface area contributed by atoms with E-state index in [4.69, 9.17) is 0 Å². The van der Waals surface area contributed by atoms with Gasteiger partial charge in [0.05, 0.1) is 80.5 Å². The Morgan fingerprint density at radius 2 is 0.737 bits per heavy atom. The molecule has 1 aliphatic rings. The lowest BCUT2D eigenvalue weighted by Crippen LogP contribution is -2.49. The van der Waals surface area contributed by atoms with Crippen LogP contribution in [0.5, 0.6) is 0 Å². The molecule has 2 aromatic heterocycles. The predicted molar refractivity (Wildman–Crippen MR) is 141 cm³/mol. The molecule has 38 heavy (non-hydrogen) atoms. The summed E-state index contributed by atoms with van der Waals surface area (Å²) in [6.45, 7) is 4.03. The monoisotopic (exact) mass is 526 g/mol. The van der Waals surface area contributed by atoms with E-state index in [1.54, 1.807) is 36.4 Å². The number of hydrogen-bond donors (Lipinski definition) is 4. The number of pyridine rings is 2. The molecule has 3 rings (SSSR count). The second kappa shape index (κ2) is 12.6. The summed E-state index contributed by atoms with van der Waals surface area (Å²) in [5, 5.41) is 11.4. The number of carbonyl (C=O) groups excluding carboxylic acids is 4. The minimum atomic E-state index is -0.354. The van der Waals surface area contributed by atoms with Gasteiger partial charge in [0, 0.05) is 0 Å². The molecule has 4 bridgehead atoms. The SMILES string of the molecule is C[N+]1(C)CCNC(=O)c2cccc(n2)C(=O)NCC[N+](C)(C)CCNC(=O)c2cccc(n2)C(=O)NCC1. The van der Waals surface area contributed by atoms with E-state index in [1.165, 1.54) is 0 Å². The predicted octanol–water partition coefficient (Wildman–Crippen LogP) is -0.738. The van der Waals surface area contributed by atoms with E-state index in [2.05, 4.69) is 31.2 Å². The third-order valence-electron chi connectivity index (χ3n) is 6.44. The smallest absolute Gasteiger partial charge is 0.270 e. The Hall–Kier alpha value is -3.90. The van der Waals surface area contributed by atoms with Gasteiger partial charge in [-0.05, 0) is 24.3 Å². The van der Waals surface area contributed by atoms with Gasteiger partial charge in [0.1, 0.15) is 22.8 Å². The Morgan fingerprint density at radius 3 is 0.974 bits per heavy atom. The summed E-state index contributed by atoms with van der Waals surface area (Å²) < 4.78 is 1.09. The largest absolute Gasteiger partial charge is 0.345 e. The van der Waals surface area contributed by atoms with E-state index in [0.29, 0.717) is 61.3 Å². The number of hydrogen-bond acceptors (Lipinski definition) is 6. The van der Waals surface area contributed by atoms with Crippen LogP contribution in [0.2, 0.25) is 0 Å². The van der Waals surface area contributed by atoms with E-state index < -0.39 is 0 Å². The lowest BCUT2D eigenvalue weighted by atomic mass is 10.2. The maximum Gasteiger partial charge on any atom is 0.270 e. The first-order valence-corrected chi connectivity index (χ1v) is 12.7. The Bertz CT molecular complexity index is 1010. The Labute approximate surface area is 223 Å². The van der Waals surface area contributed by atoms with Crippen LogP contribution in [0, 0.1) is 0 Å². The van der Waals surface area contributed by atoms with Crippen LogP contribution in [-0.4, -0.2) is 123 Å². The first kappa shape index (κ1) is 28.7. The summed E-state index contributed by atoms with van der Waals surface area (Å²) in [7, 11) is 7.98. The maximum atomic E-state index is 12.6. The molecule has 12 nitrogen and oxygen atoms in total. The van der Waals surface area contributed by atoms with Gasteiger partial charge in [-0.15, -0.1) is 0 Å². The van der Waals surface area contributed by atoms with Crippen molar-refractivity contribution in [3.8, 4) is 0 Å². The van der Waals surface area contributed by atoms with Gasteiger partial charge in [-0.25, -0.2) is 9.97 Å². The number of rotatable bonds is 0. The van der Waals surface area contributed by atoms with Gasteiger partial charge < -0.3 is 30.2 Å². The highest BCUT2D eigenvalue weighted by atomic mass is 16.2. The Kier molecular flexibility index (Phi) is 9.48. The molecule has 0 radical (unpaired) electrons. The maximum absolute atomic E-state index is 12.6. The molecule has 0 unspecified atom stereocenters. The molecule has 0 aliphatic carbocycles. The second-order valence-electron chi connectivity index (χ2n) is 10.6. The molecule has 204 valence electrons. The summed E-state index contributed by atoms with van der Waals surface area (Å²) in [6.07, 6.45) is 0. The molecule has 4 amide bonds. The topological polar surface area (TPSA) is 142 Å². The highest BCUT2D eigenvalue weighted by molar-refractivity contribution is 5.97. The van der Waals surface area contributed by atoms with Crippen molar-refractivity contribution in [2.75, 3.05) is 80.5 Å². The van der Waals surface area contributed by atoms with Crippen molar-refractivity contribution in [1.29, 1.82) is 0 Å². The molecule has 3 heterocycles. The summed E-state index contributed by atoms with van der Waals surface area (Å²) in [4.78, 5) is 59.0. The minimum Gasteiger partial charge on any atom is -0.345 e. The molecule has 0 atom stereocenters. The van der Waals surface area contributed by atoms with Gasteiger partial charge >= 0.3 is 0 Å². The lowest BCUT2D eigenvalue weighted by molar-refractivity contribution is -0.887. The standard InChI is InChI=1S/C26H36N8O4/c1-33(2)15-11-27-23(35)19-7-5-9-21(31-19)25(37)29-13-17-34(3,4)18-14-30-26(38)22-10-6-8-20(32-22)24(36)28-12-16-33/h5-10H,11-18H2,1-4H3,(H2-2,27,28,29,30,35,36,37,38)/p+2. The summed E-state index contributed by atoms with van der Waals surface area (Å²) in [6, 6.07) is 9.56. The van der Waals surface area contributed by atoms with Crippen LogP contribution in [0.25, 0.3) is 0 Å². The van der Waals surface area contributed by atoms with Crippen molar-refractivity contribution in [3.05, 3.63) is 59.2 Å². The number of carbonyl (C=O) groups is 4. The molecule has 0 aromatic carbocycles. The molecular weight excluding hydrogens is 488 g/mol. The molecule has 2 aromatic rings. The zero-order chi connectivity index (χ0) is 27.8. The summed E-state index contributed by atoms with van der Waals surface area (Å²) in [5.74, 6) is -1.41. The number of nitrogens with zero attached hydrogens (tertiary/aromatic N) is 4. The van der Waals surface area contributed by atoms with Gasteiger partial charge in [-0.3, -0.25) is 19.2 Å². The van der Waals surface area contributed by atoms with Gasteiger partial charge in [0.15, 0.2) is 0 Å². The molecule has 0 fully saturated rings. The van der Waals surface area contributed by atoms with Crippen LogP contribution >= 0.6 is 0 Å². The molecule has 0 saturated carbocycles. The van der Waals surface area contributed by atoms with E-state index >= 15 is 0 Å². The van der Waals surface area contributed by atoms with E-state index in [9.17, 15) is 19.2 Å². The van der Waals surface area contributed by atoms with Crippen molar-refractivity contribution < 1.29 is 28.1 Å². The van der Waals surface area contributed by atoms with Crippen molar-refractivity contribution in [1.82, 2.24) is 31.2 Å². The highest BCUT2D eigenvalue weighted by Gasteiger charge is 2.20. The summed E-state index contributed by atoms with van der Waals surface area (Å²) in [5.41, 5.74) is 0.690. The van der Waals surface area contributed by atoms with Gasteiger partial charge in [0.2, 0.25) is 0 Å². The molecule has 1 aliphatic heterocycles. The van der Waals surface area contributed by atoms with Crippen LogP contribution < -0.4 is 21.3 Å². The fourth-order valence-electron chi connectivity index (χ4n) is 3.85. The number of amides is 4. The normalized spacial score (nSPS) is 19.7. The van der Waals surface area contributed by atoms with E-state index in [1.807, 2.05) is 28.2 Å². The van der Waals surface area contributed by atoms with Crippen molar-refractivity contribution >= 4 is 23.6 Å². The van der Waals surface area contributed by atoms with Gasteiger partial charge in [-0.1, -0.05) is 12.1 Å². The van der Waals surface area contributed by atoms with Gasteiger partial charge in [0.25, 0.3) is 23.6 Å². The number of aromatic nitrogens is 2. The quantitative estimate of drug-likeness (QED) is 0.333. The van der Waals surface area contributed by atoms with Crippen LogP contribution in [0.1, 0.15) is 42.0 Å². The molecular formula is C26H38N8O4+2. The second-order valence-corrected chi connectivity index (χ2v) is 10.6. The zero-order valence-corrected chi connectivity index (χ0v) is 22.5. The van der Waals surface area contributed by atoms with E-state index in [0.717, 1.165) is 0 Å². The van der Waals surface area contributed by atoms with Crippen LogP contribution in [0.4, 0.5) is 0 Å². The zero-order valence-electron chi connectivity index (χ0n) is 22.5. The fourth-order valence-corrected chi connectivity index (χ4v) is 3.85. The van der Waals surface area contributed by atoms with Crippen molar-refractivity contribution in [2.24, 2.45) is 0 Å². The Morgan fingerprint density at radius 1 is 0.500 bits per heavy atom. The van der Waals surface area contributed by atoms with Crippen LogP contribution in [0.3, 0.4) is 0 Å². The lowest BCUT2D eigenvalue weighted by Gasteiger charge is -2.30. The Balaban J connectivity index is 1.73. The minimum absolute atomic E-state index is 0.172. The average molecular weight is 527 g/mol. The first-order chi connectivity index (χ1) is 18.0. The molecule has 12 heteroatoms. The van der Waals surface area contributed by atoms with Crippen LogP contribution in [0.15, 0.2) is 36.4 Å². The van der Waals surface area contributed by atoms with Crippen molar-refractivity contribution in [2.45, 2.75) is 0 Å².